The molecule has 1 amide bonds. The summed E-state index contributed by atoms with van der Waals surface area (Å²) in [5, 5.41) is -0.559. The summed E-state index contributed by atoms with van der Waals surface area (Å²) in [7, 11) is 0. The minimum atomic E-state index is -5.30. The molecule has 0 spiro atoms. The normalized spacial score (nSPS) is 12.4. The van der Waals surface area contributed by atoms with Gasteiger partial charge in [0.15, 0.2) is 0 Å². The van der Waals surface area contributed by atoms with Crippen LogP contribution in [0.2, 0.25) is 0 Å². The number of ketones is 1. The molecule has 0 aliphatic carbocycles. The van der Waals surface area contributed by atoms with Gasteiger partial charge in [0.1, 0.15) is 11.6 Å². The van der Waals surface area contributed by atoms with Gasteiger partial charge in [0.05, 0.1) is 17.8 Å². The number of carbonyl (C=O) groups excluding carboxylic acids is 2. The van der Waals surface area contributed by atoms with Crippen LogP contribution in [0.1, 0.15) is 45.9 Å². The van der Waals surface area contributed by atoms with Crippen LogP contribution >= 0.6 is 0 Å². The molecule has 1 atom stereocenters. The van der Waals surface area contributed by atoms with E-state index in [1.165, 1.54) is 5.56 Å². The van der Waals surface area contributed by atoms with Crippen molar-refractivity contribution in [1.82, 2.24) is 10.7 Å². The summed E-state index contributed by atoms with van der Waals surface area (Å²) in [5.41, 5.74) is -0.315. The number of carbonyl (C=O) groups is 2. The van der Waals surface area contributed by atoms with Crippen LogP contribution in [0.4, 0.5) is 39.7 Å². The van der Waals surface area contributed by atoms with Crippen LogP contribution in [0.5, 0.6) is 0 Å². The van der Waals surface area contributed by atoms with Gasteiger partial charge in [0, 0.05) is 12.0 Å². The number of benzene rings is 3. The number of Topliss-reactive ketones (excluding diaryl/α,β-unsaturated/α-hetero) is 1. The standard InChI is InChI=1S/C19H13F9N2O2.C7H8/c20-13-3-1-10(2-4-13)16(29-15(31)5-6-18(22,23)24)11-7-12(9-14(21)8-11)17(32)19(25,26)30(27)28;1-7-5-3-2-4-6-7/h1-4,7-9,16H,5-6H2,(H,29,31);2-6H,1H3. The quantitative estimate of drug-likeness (QED) is 0.135. The SMILES string of the molecule is Cc1ccccc1.O=C(CCC(F)(F)F)NC(c1ccc(F)cc1)c1cc(F)cc(C(=O)C(F)(F)N(F)F)c1. The molecule has 0 bridgehead atoms. The Kier molecular flexibility index (Phi) is 10.7. The summed E-state index contributed by atoms with van der Waals surface area (Å²) in [6.45, 7) is 2.08. The van der Waals surface area contributed by atoms with Crippen molar-refractivity contribution in [2.24, 2.45) is 0 Å². The monoisotopic (exact) mass is 564 g/mol. The first kappa shape index (κ1) is 31.3. The molecular formula is C26H21F9N2O2. The number of nitrogens with one attached hydrogen (secondary N) is 1. The molecule has 210 valence electrons. The summed E-state index contributed by atoms with van der Waals surface area (Å²) in [4.78, 5) is 23.7. The van der Waals surface area contributed by atoms with Gasteiger partial charge in [-0.2, -0.15) is 22.0 Å². The molecule has 13 heteroatoms. The van der Waals surface area contributed by atoms with E-state index < -0.39 is 70.9 Å². The molecule has 1 unspecified atom stereocenters. The van der Waals surface area contributed by atoms with Crippen molar-refractivity contribution in [1.29, 1.82) is 0 Å². The lowest BCUT2D eigenvalue weighted by molar-refractivity contribution is -0.304. The van der Waals surface area contributed by atoms with E-state index in [4.69, 9.17) is 0 Å². The summed E-state index contributed by atoms with van der Waals surface area (Å²) >= 11 is 0. The summed E-state index contributed by atoms with van der Waals surface area (Å²) < 4.78 is 116. The van der Waals surface area contributed by atoms with Gasteiger partial charge in [-0.15, -0.1) is 0 Å². The Morgan fingerprint density at radius 2 is 1.41 bits per heavy atom. The largest absolute Gasteiger partial charge is 0.420 e. The molecule has 3 aromatic rings. The van der Waals surface area contributed by atoms with Crippen molar-refractivity contribution in [2.45, 2.75) is 38.0 Å². The summed E-state index contributed by atoms with van der Waals surface area (Å²) in [6.07, 6.45) is -7.21. The molecule has 0 fully saturated rings. The molecule has 3 rings (SSSR count). The lowest BCUT2D eigenvalue weighted by Gasteiger charge is -2.22. The third-order valence-corrected chi connectivity index (χ3v) is 5.09. The Labute approximate surface area is 216 Å². The lowest BCUT2D eigenvalue weighted by atomic mass is 9.95. The summed E-state index contributed by atoms with van der Waals surface area (Å²) in [5.74, 6) is -5.72. The summed E-state index contributed by atoms with van der Waals surface area (Å²) in [6, 6.07) is 8.84. The van der Waals surface area contributed by atoms with Gasteiger partial charge in [-0.1, -0.05) is 57.0 Å². The number of hydrogen-bond acceptors (Lipinski definition) is 3. The van der Waals surface area contributed by atoms with Gasteiger partial charge in [-0.25, -0.2) is 8.78 Å². The Hall–Kier alpha value is -3.87. The van der Waals surface area contributed by atoms with Gasteiger partial charge in [-0.05, 0) is 48.4 Å². The first-order chi connectivity index (χ1) is 18.1. The topological polar surface area (TPSA) is 49.4 Å². The number of rotatable bonds is 8. The van der Waals surface area contributed by atoms with Crippen molar-refractivity contribution in [3.63, 3.8) is 0 Å². The fourth-order valence-corrected chi connectivity index (χ4v) is 3.20. The molecule has 0 aromatic heterocycles. The van der Waals surface area contributed by atoms with Crippen LogP contribution in [-0.2, 0) is 4.79 Å². The molecule has 39 heavy (non-hydrogen) atoms. The molecule has 1 N–H and O–H groups in total. The van der Waals surface area contributed by atoms with Gasteiger partial charge >= 0.3 is 12.2 Å². The van der Waals surface area contributed by atoms with Crippen LogP contribution in [0.3, 0.4) is 0 Å². The fourth-order valence-electron chi connectivity index (χ4n) is 3.20. The van der Waals surface area contributed by atoms with E-state index in [1.807, 2.05) is 18.2 Å². The number of nitrogens with zero attached hydrogens (tertiary/aromatic N) is 1. The second kappa shape index (κ2) is 13.3. The van der Waals surface area contributed by atoms with E-state index in [-0.39, 0.29) is 11.6 Å². The minimum Gasteiger partial charge on any atom is -0.345 e. The Bertz CT molecular complexity index is 1250. The van der Waals surface area contributed by atoms with Crippen molar-refractivity contribution >= 4 is 11.7 Å². The molecule has 0 aliphatic heterocycles. The second-order valence-electron chi connectivity index (χ2n) is 8.20. The zero-order valence-corrected chi connectivity index (χ0v) is 20.1. The van der Waals surface area contributed by atoms with Crippen LogP contribution in [0, 0.1) is 18.6 Å². The minimum absolute atomic E-state index is 0.0138. The highest BCUT2D eigenvalue weighted by atomic mass is 19.4. The second-order valence-corrected chi connectivity index (χ2v) is 8.20. The smallest absolute Gasteiger partial charge is 0.345 e. The van der Waals surface area contributed by atoms with Crippen LogP contribution in [-0.4, -0.2) is 29.3 Å². The van der Waals surface area contributed by atoms with E-state index in [2.05, 4.69) is 24.4 Å². The van der Waals surface area contributed by atoms with E-state index in [1.54, 1.807) is 0 Å². The number of hydrogen-bond donors (Lipinski definition) is 1. The van der Waals surface area contributed by atoms with Crippen molar-refractivity contribution < 1.29 is 49.3 Å². The fraction of sp³-hybridized carbons (Fsp3) is 0.231. The van der Waals surface area contributed by atoms with Crippen LogP contribution < -0.4 is 5.32 Å². The zero-order valence-electron chi connectivity index (χ0n) is 20.1. The van der Waals surface area contributed by atoms with Gasteiger partial charge in [0.25, 0.3) is 5.78 Å². The number of halogens is 9. The van der Waals surface area contributed by atoms with Crippen molar-refractivity contribution in [3.05, 3.63) is 107 Å². The maximum Gasteiger partial charge on any atom is 0.420 e. The van der Waals surface area contributed by atoms with Gasteiger partial charge in [-0.3, -0.25) is 9.59 Å². The third-order valence-electron chi connectivity index (χ3n) is 5.09. The molecule has 0 saturated heterocycles. The average Bonchev–Trinajstić information content (AvgIpc) is 2.86. The van der Waals surface area contributed by atoms with Gasteiger partial charge in [0.2, 0.25) is 5.91 Å². The predicted octanol–water partition coefficient (Wildman–Crippen LogP) is 7.35. The van der Waals surface area contributed by atoms with E-state index >= 15 is 0 Å². The lowest BCUT2D eigenvalue weighted by Crippen LogP contribution is -2.39. The molecular weight excluding hydrogens is 543 g/mol. The highest BCUT2D eigenvalue weighted by molar-refractivity contribution is 6.01. The molecule has 0 aliphatic rings. The first-order valence-corrected chi connectivity index (χ1v) is 11.1. The zero-order chi connectivity index (χ0) is 29.4. The first-order valence-electron chi connectivity index (χ1n) is 11.1. The Balaban J connectivity index is 0.000000658. The number of amides is 1. The van der Waals surface area contributed by atoms with Crippen LogP contribution in [0.25, 0.3) is 0 Å². The molecule has 0 heterocycles. The number of aryl methyl sites for hydroxylation is 1. The average molecular weight is 564 g/mol. The van der Waals surface area contributed by atoms with E-state index in [9.17, 15) is 49.3 Å². The predicted molar refractivity (Wildman–Crippen MR) is 123 cm³/mol. The van der Waals surface area contributed by atoms with Gasteiger partial charge < -0.3 is 5.32 Å². The molecule has 0 saturated carbocycles. The van der Waals surface area contributed by atoms with E-state index in [0.29, 0.717) is 12.1 Å². The molecule has 3 aromatic carbocycles. The highest BCUT2D eigenvalue weighted by Gasteiger charge is 2.48. The number of alkyl halides is 5. The van der Waals surface area contributed by atoms with Crippen LogP contribution in [0.15, 0.2) is 72.8 Å². The molecule has 4 nitrogen and oxygen atoms in total. The third kappa shape index (κ3) is 9.74. The maximum atomic E-state index is 14.0. The highest BCUT2D eigenvalue weighted by Crippen LogP contribution is 2.30. The Morgan fingerprint density at radius 3 is 1.90 bits per heavy atom. The maximum absolute atomic E-state index is 14.0. The Morgan fingerprint density at radius 1 is 0.821 bits per heavy atom. The van der Waals surface area contributed by atoms with E-state index in [0.717, 1.165) is 24.3 Å². The molecule has 0 radical (unpaired) electrons. The van der Waals surface area contributed by atoms with Crippen molar-refractivity contribution in [3.8, 4) is 0 Å². The van der Waals surface area contributed by atoms with Crippen molar-refractivity contribution in [2.75, 3.05) is 0 Å².